The highest BCUT2D eigenvalue weighted by molar-refractivity contribution is 7.13. The minimum Gasteiger partial charge on any atom is -0.444 e. The number of thiophene rings is 1. The van der Waals surface area contributed by atoms with Gasteiger partial charge in [0, 0.05) is 32.7 Å². The van der Waals surface area contributed by atoms with Crippen LogP contribution in [0.3, 0.4) is 0 Å². The van der Waals surface area contributed by atoms with Gasteiger partial charge in [-0.25, -0.2) is 4.98 Å². The summed E-state index contributed by atoms with van der Waals surface area (Å²) in [6.07, 6.45) is 1.77. The van der Waals surface area contributed by atoms with Gasteiger partial charge in [0.25, 0.3) is 0 Å². The molecule has 4 nitrogen and oxygen atoms in total. The molecule has 3 heterocycles. The van der Waals surface area contributed by atoms with E-state index in [1.54, 1.807) is 17.6 Å². The fourth-order valence-electron chi connectivity index (χ4n) is 1.99. The van der Waals surface area contributed by atoms with E-state index in [9.17, 15) is 0 Å². The van der Waals surface area contributed by atoms with Crippen LogP contribution in [0.5, 0.6) is 0 Å². The second-order valence-electron chi connectivity index (χ2n) is 4.15. The maximum Gasteiger partial charge on any atom is 0.236 e. The Kier molecular flexibility index (Phi) is 9.46. The summed E-state index contributed by atoms with van der Waals surface area (Å²) >= 11 is 1.66. The summed E-state index contributed by atoms with van der Waals surface area (Å²) in [5, 5.41) is 5.38. The Morgan fingerprint density at radius 2 is 2.00 bits per heavy atom. The monoisotopic (exact) mass is 357 g/mol. The number of halogens is 3. The number of nitrogens with zero attached hydrogens (tertiary/aromatic N) is 2. The fourth-order valence-corrected chi connectivity index (χ4v) is 2.65. The molecule has 0 amide bonds. The molecule has 0 saturated carbocycles. The van der Waals surface area contributed by atoms with Gasteiger partial charge in [-0.3, -0.25) is 4.90 Å². The van der Waals surface area contributed by atoms with Crippen LogP contribution in [-0.2, 0) is 6.54 Å². The molecule has 2 aromatic rings. The van der Waals surface area contributed by atoms with Crippen LogP contribution in [0.25, 0.3) is 10.8 Å². The van der Waals surface area contributed by atoms with E-state index in [0.29, 0.717) is 0 Å². The first-order valence-electron chi connectivity index (χ1n) is 5.83. The highest BCUT2D eigenvalue weighted by Gasteiger charge is 2.13. The summed E-state index contributed by atoms with van der Waals surface area (Å²) in [7, 11) is 0. The maximum atomic E-state index is 5.51. The van der Waals surface area contributed by atoms with Gasteiger partial charge < -0.3 is 9.73 Å². The molecule has 3 rings (SSSR count). The van der Waals surface area contributed by atoms with E-state index in [2.05, 4.69) is 15.2 Å². The predicted octanol–water partition coefficient (Wildman–Crippen LogP) is 3.07. The highest BCUT2D eigenvalue weighted by atomic mass is 35.5. The van der Waals surface area contributed by atoms with Crippen LogP contribution in [0.15, 0.2) is 28.2 Å². The summed E-state index contributed by atoms with van der Waals surface area (Å²) in [6, 6.07) is 4.05. The summed E-state index contributed by atoms with van der Waals surface area (Å²) in [4.78, 5) is 8.02. The molecule has 0 spiro atoms. The van der Waals surface area contributed by atoms with Gasteiger partial charge in [0.1, 0.15) is 6.26 Å². The first-order chi connectivity index (χ1) is 8.42. The zero-order valence-corrected chi connectivity index (χ0v) is 14.0. The maximum absolute atomic E-state index is 5.51. The van der Waals surface area contributed by atoms with Gasteiger partial charge in [-0.2, -0.15) is 0 Å². The van der Waals surface area contributed by atoms with E-state index in [1.807, 2.05) is 17.5 Å². The second-order valence-corrected chi connectivity index (χ2v) is 5.10. The summed E-state index contributed by atoms with van der Waals surface area (Å²) in [6.45, 7) is 5.18. The van der Waals surface area contributed by atoms with Crippen LogP contribution in [0.4, 0.5) is 0 Å². The van der Waals surface area contributed by atoms with Crippen molar-refractivity contribution in [2.75, 3.05) is 26.2 Å². The van der Waals surface area contributed by atoms with Crippen molar-refractivity contribution in [2.24, 2.45) is 0 Å². The average Bonchev–Trinajstić information content (AvgIpc) is 3.00. The Hall–Kier alpha value is -0.300. The molecule has 1 aliphatic heterocycles. The van der Waals surface area contributed by atoms with Crippen LogP contribution in [0, 0.1) is 0 Å². The first-order valence-corrected chi connectivity index (χ1v) is 6.71. The second kappa shape index (κ2) is 9.60. The topological polar surface area (TPSA) is 41.3 Å². The summed E-state index contributed by atoms with van der Waals surface area (Å²) < 4.78 is 5.51. The van der Waals surface area contributed by atoms with E-state index in [0.717, 1.165) is 49.2 Å². The molecule has 0 atom stereocenters. The molecule has 1 aliphatic rings. The highest BCUT2D eigenvalue weighted by Crippen LogP contribution is 2.23. The van der Waals surface area contributed by atoms with Gasteiger partial charge in [0.05, 0.1) is 10.6 Å². The van der Waals surface area contributed by atoms with Crippen LogP contribution >= 0.6 is 48.6 Å². The molecule has 0 aliphatic carbocycles. The number of oxazole rings is 1. The predicted molar refractivity (Wildman–Crippen MR) is 89.7 cm³/mol. The Labute approximate surface area is 141 Å². The van der Waals surface area contributed by atoms with Crippen LogP contribution in [-0.4, -0.2) is 36.1 Å². The Morgan fingerprint density at radius 3 is 2.65 bits per heavy atom. The van der Waals surface area contributed by atoms with Gasteiger partial charge in [-0.15, -0.1) is 48.6 Å². The van der Waals surface area contributed by atoms with E-state index in [4.69, 9.17) is 4.42 Å². The van der Waals surface area contributed by atoms with Gasteiger partial charge in [-0.1, -0.05) is 6.07 Å². The third-order valence-corrected chi connectivity index (χ3v) is 3.74. The lowest BCUT2D eigenvalue weighted by Crippen LogP contribution is -2.42. The van der Waals surface area contributed by atoms with E-state index in [1.165, 1.54) is 0 Å². The van der Waals surface area contributed by atoms with Crippen molar-refractivity contribution < 1.29 is 4.42 Å². The van der Waals surface area contributed by atoms with E-state index >= 15 is 0 Å². The number of aromatic nitrogens is 1. The zero-order valence-electron chi connectivity index (χ0n) is 10.8. The van der Waals surface area contributed by atoms with Crippen molar-refractivity contribution in [1.29, 1.82) is 0 Å². The van der Waals surface area contributed by atoms with Gasteiger partial charge in [0.2, 0.25) is 5.89 Å². The lowest BCUT2D eigenvalue weighted by molar-refractivity contribution is 0.230. The Bertz CT molecular complexity index is 472. The number of rotatable bonds is 3. The van der Waals surface area contributed by atoms with Gasteiger partial charge in [-0.05, 0) is 11.4 Å². The molecule has 0 bridgehead atoms. The Balaban J connectivity index is 0.00000120. The van der Waals surface area contributed by atoms with Crippen molar-refractivity contribution in [1.82, 2.24) is 15.2 Å². The minimum atomic E-state index is 0. The minimum absolute atomic E-state index is 0. The van der Waals surface area contributed by atoms with Crippen molar-refractivity contribution in [3.8, 4) is 10.8 Å². The zero-order chi connectivity index (χ0) is 11.5. The van der Waals surface area contributed by atoms with Crippen LogP contribution < -0.4 is 5.32 Å². The lowest BCUT2D eigenvalue weighted by atomic mass is 10.3. The fraction of sp³-hybridized carbons (Fsp3) is 0.417. The third kappa shape index (κ3) is 4.91. The van der Waals surface area contributed by atoms with Crippen molar-refractivity contribution in [3.63, 3.8) is 0 Å². The van der Waals surface area contributed by atoms with Gasteiger partial charge in [0.15, 0.2) is 0 Å². The SMILES string of the molecule is Cl.Cl.Cl.c1csc(-c2nc(CN3CCNCC3)co2)c1. The average molecular weight is 359 g/mol. The molecule has 1 fully saturated rings. The van der Waals surface area contributed by atoms with Crippen molar-refractivity contribution >= 4 is 48.6 Å². The largest absolute Gasteiger partial charge is 0.444 e. The molecule has 0 aromatic carbocycles. The number of piperazine rings is 1. The molecule has 1 N–H and O–H groups in total. The van der Waals surface area contributed by atoms with Crippen molar-refractivity contribution in [2.45, 2.75) is 6.54 Å². The molecule has 0 unspecified atom stereocenters. The number of nitrogens with one attached hydrogen (secondary N) is 1. The van der Waals surface area contributed by atoms with Crippen LogP contribution in [0.2, 0.25) is 0 Å². The standard InChI is InChI=1S/C12H15N3OS.3ClH/c1-2-11(17-7-1)12-14-10(9-16-12)8-15-5-3-13-4-6-15;;;/h1-2,7,9,13H,3-6,8H2;3*1H. The first kappa shape index (κ1) is 19.7. The summed E-state index contributed by atoms with van der Waals surface area (Å²) in [5.41, 5.74) is 1.02. The van der Waals surface area contributed by atoms with Crippen molar-refractivity contribution in [3.05, 3.63) is 29.5 Å². The van der Waals surface area contributed by atoms with E-state index < -0.39 is 0 Å². The molecule has 8 heteroatoms. The van der Waals surface area contributed by atoms with Gasteiger partial charge >= 0.3 is 0 Å². The molecule has 114 valence electrons. The lowest BCUT2D eigenvalue weighted by Gasteiger charge is -2.25. The molecule has 20 heavy (non-hydrogen) atoms. The number of hydrogen-bond donors (Lipinski definition) is 1. The molecule has 0 radical (unpaired) electrons. The van der Waals surface area contributed by atoms with Crippen LogP contribution in [0.1, 0.15) is 5.69 Å². The number of hydrogen-bond acceptors (Lipinski definition) is 5. The molecule has 2 aromatic heterocycles. The molecule has 1 saturated heterocycles. The third-order valence-electron chi connectivity index (χ3n) is 2.88. The summed E-state index contributed by atoms with van der Waals surface area (Å²) in [5.74, 6) is 0.741. The molecular weight excluding hydrogens is 341 g/mol. The smallest absolute Gasteiger partial charge is 0.236 e. The molecular formula is C12H18Cl3N3OS. The van der Waals surface area contributed by atoms with E-state index in [-0.39, 0.29) is 37.2 Å². The quantitative estimate of drug-likeness (QED) is 0.915. The normalized spacial score (nSPS) is 14.8. The Morgan fingerprint density at radius 1 is 1.25 bits per heavy atom.